The number of anilines is 1. The van der Waals surface area contributed by atoms with Gasteiger partial charge in [-0.3, -0.25) is 0 Å². The molecule has 0 bridgehead atoms. The van der Waals surface area contributed by atoms with E-state index < -0.39 is 0 Å². The van der Waals surface area contributed by atoms with Crippen molar-refractivity contribution < 1.29 is 4.39 Å². The van der Waals surface area contributed by atoms with Gasteiger partial charge in [0.15, 0.2) is 11.5 Å². The van der Waals surface area contributed by atoms with E-state index in [4.69, 9.17) is 5.10 Å². The fraction of sp³-hybridized carbons (Fsp3) is 0.333. The Morgan fingerprint density at radius 3 is 2.86 bits per heavy atom. The largest absolute Gasteiger partial charge is 0.345 e. The predicted molar refractivity (Wildman–Crippen MR) is 108 cm³/mol. The molecule has 148 valence electrons. The molecule has 1 saturated heterocycles. The lowest BCUT2D eigenvalue weighted by Gasteiger charge is -2.36. The second-order valence-corrected chi connectivity index (χ2v) is 7.24. The van der Waals surface area contributed by atoms with Crippen LogP contribution in [-0.2, 0) is 6.54 Å². The molecule has 8 heteroatoms. The van der Waals surface area contributed by atoms with E-state index in [2.05, 4.69) is 31.6 Å². The number of aryl methyl sites for hydroxylation is 1. The van der Waals surface area contributed by atoms with Gasteiger partial charge >= 0.3 is 0 Å². The fourth-order valence-corrected chi connectivity index (χ4v) is 4.10. The van der Waals surface area contributed by atoms with Crippen LogP contribution < -0.4 is 4.90 Å². The average molecular weight is 391 g/mol. The van der Waals surface area contributed by atoms with Crippen molar-refractivity contribution in [2.75, 3.05) is 11.4 Å². The molecule has 3 aromatic heterocycles. The number of halogens is 1. The van der Waals surface area contributed by atoms with Crippen LogP contribution >= 0.6 is 0 Å². The number of rotatable bonds is 4. The Kier molecular flexibility index (Phi) is 4.46. The van der Waals surface area contributed by atoms with Gasteiger partial charge in [0.25, 0.3) is 0 Å². The van der Waals surface area contributed by atoms with Gasteiger partial charge in [0.1, 0.15) is 17.5 Å². The van der Waals surface area contributed by atoms with Crippen LogP contribution in [0, 0.1) is 5.82 Å². The molecule has 0 N–H and O–H groups in total. The van der Waals surface area contributed by atoms with Crippen molar-refractivity contribution in [3.05, 3.63) is 60.4 Å². The summed E-state index contributed by atoms with van der Waals surface area (Å²) in [5.41, 5.74) is 0.983. The van der Waals surface area contributed by atoms with E-state index in [0.717, 1.165) is 44.0 Å². The molecule has 0 amide bonds. The summed E-state index contributed by atoms with van der Waals surface area (Å²) in [5.74, 6) is 1.95. The Morgan fingerprint density at radius 2 is 2.00 bits per heavy atom. The van der Waals surface area contributed by atoms with E-state index in [1.165, 1.54) is 6.07 Å². The van der Waals surface area contributed by atoms with Gasteiger partial charge in [0, 0.05) is 25.5 Å². The van der Waals surface area contributed by atoms with Crippen molar-refractivity contribution in [1.29, 1.82) is 0 Å². The molecule has 0 saturated carbocycles. The molecule has 1 atom stereocenters. The zero-order chi connectivity index (χ0) is 19.8. The predicted octanol–water partition coefficient (Wildman–Crippen LogP) is 3.88. The summed E-state index contributed by atoms with van der Waals surface area (Å²) in [6, 6.07) is 10.6. The van der Waals surface area contributed by atoms with E-state index in [1.807, 2.05) is 24.5 Å². The molecule has 5 rings (SSSR count). The number of hydrogen-bond donors (Lipinski definition) is 0. The van der Waals surface area contributed by atoms with Gasteiger partial charge in [-0.25, -0.2) is 9.37 Å². The van der Waals surface area contributed by atoms with E-state index >= 15 is 0 Å². The minimum Gasteiger partial charge on any atom is -0.345 e. The van der Waals surface area contributed by atoms with Gasteiger partial charge in [0.05, 0.1) is 11.6 Å². The number of piperidine rings is 1. The van der Waals surface area contributed by atoms with Crippen LogP contribution in [0.1, 0.15) is 38.1 Å². The highest BCUT2D eigenvalue weighted by Gasteiger charge is 2.29. The SMILES string of the molecule is CCn1ccnc1[C@@H]1CCCCN1c1ccc2nnc(-c3ccccc3F)n2n1. The summed E-state index contributed by atoms with van der Waals surface area (Å²) in [6.45, 7) is 3.91. The normalized spacial score (nSPS) is 17.2. The molecule has 1 aromatic carbocycles. The first kappa shape index (κ1) is 17.8. The number of imidazole rings is 1. The van der Waals surface area contributed by atoms with Crippen molar-refractivity contribution in [3.63, 3.8) is 0 Å². The smallest absolute Gasteiger partial charge is 0.188 e. The number of nitrogens with zero attached hydrogens (tertiary/aromatic N) is 7. The number of benzene rings is 1. The second kappa shape index (κ2) is 7.27. The van der Waals surface area contributed by atoms with E-state index in [0.29, 0.717) is 17.0 Å². The molecule has 7 nitrogen and oxygen atoms in total. The Hall–Kier alpha value is -3.29. The first-order chi connectivity index (χ1) is 14.3. The molecule has 29 heavy (non-hydrogen) atoms. The lowest BCUT2D eigenvalue weighted by atomic mass is 10.0. The van der Waals surface area contributed by atoms with Crippen LogP contribution in [0.25, 0.3) is 17.0 Å². The van der Waals surface area contributed by atoms with Crippen molar-refractivity contribution >= 4 is 11.5 Å². The topological polar surface area (TPSA) is 64.1 Å². The van der Waals surface area contributed by atoms with Crippen molar-refractivity contribution in [2.45, 2.75) is 38.8 Å². The Bertz CT molecular complexity index is 1150. The van der Waals surface area contributed by atoms with Crippen LogP contribution in [0.4, 0.5) is 10.2 Å². The van der Waals surface area contributed by atoms with Gasteiger partial charge in [-0.2, -0.15) is 4.52 Å². The summed E-state index contributed by atoms with van der Waals surface area (Å²) in [4.78, 5) is 6.92. The molecule has 0 spiro atoms. The highest BCUT2D eigenvalue weighted by molar-refractivity contribution is 5.60. The number of fused-ring (bicyclic) bond motifs is 1. The molecule has 0 aliphatic carbocycles. The number of hydrogen-bond acceptors (Lipinski definition) is 5. The minimum absolute atomic E-state index is 0.164. The van der Waals surface area contributed by atoms with Crippen molar-refractivity contribution in [2.24, 2.45) is 0 Å². The third-order valence-corrected chi connectivity index (χ3v) is 5.55. The number of aromatic nitrogens is 6. The van der Waals surface area contributed by atoms with E-state index in [1.54, 1.807) is 22.7 Å². The maximum Gasteiger partial charge on any atom is 0.188 e. The van der Waals surface area contributed by atoms with Crippen LogP contribution in [0.15, 0.2) is 48.8 Å². The van der Waals surface area contributed by atoms with Crippen LogP contribution in [0.3, 0.4) is 0 Å². The maximum absolute atomic E-state index is 14.3. The summed E-state index contributed by atoms with van der Waals surface area (Å²) in [6.07, 6.45) is 7.17. The lowest BCUT2D eigenvalue weighted by Crippen LogP contribution is -2.36. The van der Waals surface area contributed by atoms with Gasteiger partial charge < -0.3 is 9.47 Å². The molecule has 1 aliphatic heterocycles. The standard InChI is InChI=1S/C21H22FN7/c1-2-27-14-12-23-21(27)17-9-5-6-13-28(17)19-11-10-18-24-25-20(29(18)26-19)15-7-3-4-8-16(15)22/h3-4,7-8,10-12,14,17H,2,5-6,9,13H2,1H3/t17-/m0/s1. The fourth-order valence-electron chi connectivity index (χ4n) is 4.10. The van der Waals surface area contributed by atoms with Crippen molar-refractivity contribution in [1.82, 2.24) is 29.4 Å². The summed E-state index contributed by atoms with van der Waals surface area (Å²) < 4.78 is 18.2. The minimum atomic E-state index is -0.338. The molecular formula is C21H22FN7. The molecule has 4 aromatic rings. The first-order valence-corrected chi connectivity index (χ1v) is 10.0. The quantitative estimate of drug-likeness (QED) is 0.528. The molecule has 0 unspecified atom stereocenters. The van der Waals surface area contributed by atoms with E-state index in [-0.39, 0.29) is 11.9 Å². The highest BCUT2D eigenvalue weighted by atomic mass is 19.1. The zero-order valence-electron chi connectivity index (χ0n) is 16.2. The average Bonchev–Trinajstić information content (AvgIpc) is 3.40. The lowest BCUT2D eigenvalue weighted by molar-refractivity contribution is 0.437. The summed E-state index contributed by atoms with van der Waals surface area (Å²) >= 11 is 0. The summed E-state index contributed by atoms with van der Waals surface area (Å²) in [5, 5.41) is 13.2. The van der Waals surface area contributed by atoms with Crippen LogP contribution in [-0.4, -0.2) is 35.9 Å². The third kappa shape index (κ3) is 3.04. The first-order valence-electron chi connectivity index (χ1n) is 10.0. The molecule has 0 radical (unpaired) electrons. The van der Waals surface area contributed by atoms with Crippen molar-refractivity contribution in [3.8, 4) is 11.4 Å². The van der Waals surface area contributed by atoms with Gasteiger partial charge in [-0.15, -0.1) is 15.3 Å². The monoisotopic (exact) mass is 391 g/mol. The second-order valence-electron chi connectivity index (χ2n) is 7.24. The molecular weight excluding hydrogens is 369 g/mol. The van der Waals surface area contributed by atoms with E-state index in [9.17, 15) is 4.39 Å². The molecule has 4 heterocycles. The summed E-state index contributed by atoms with van der Waals surface area (Å²) in [7, 11) is 0. The molecule has 1 fully saturated rings. The van der Waals surface area contributed by atoms with Crippen LogP contribution in [0.2, 0.25) is 0 Å². The zero-order valence-corrected chi connectivity index (χ0v) is 16.2. The van der Waals surface area contributed by atoms with Gasteiger partial charge in [-0.05, 0) is 50.5 Å². The Balaban J connectivity index is 1.59. The maximum atomic E-state index is 14.3. The van der Waals surface area contributed by atoms with Gasteiger partial charge in [0.2, 0.25) is 0 Å². The Morgan fingerprint density at radius 1 is 1.10 bits per heavy atom. The third-order valence-electron chi connectivity index (χ3n) is 5.55. The van der Waals surface area contributed by atoms with Crippen LogP contribution in [0.5, 0.6) is 0 Å². The highest BCUT2D eigenvalue weighted by Crippen LogP contribution is 2.33. The Labute approximate surface area is 167 Å². The molecule has 1 aliphatic rings. The van der Waals surface area contributed by atoms with Gasteiger partial charge in [-0.1, -0.05) is 12.1 Å².